The minimum atomic E-state index is 0.214. The van der Waals surface area contributed by atoms with Crippen LogP contribution in [0.25, 0.3) is 0 Å². The standard InChI is InChI=1S/C15H26N4O/c1-4-13-18-12(2)9-14(19-13)17-10-15(11-20-3)5-7-16-8-6-15/h9,16H,4-8,10-11H2,1-3H3,(H,17,18,19). The van der Waals surface area contributed by atoms with E-state index in [0.717, 1.165) is 62.8 Å². The highest BCUT2D eigenvalue weighted by Crippen LogP contribution is 2.29. The highest BCUT2D eigenvalue weighted by atomic mass is 16.5. The predicted molar refractivity (Wildman–Crippen MR) is 81.0 cm³/mol. The van der Waals surface area contributed by atoms with Crippen molar-refractivity contribution in [2.45, 2.75) is 33.1 Å². The Morgan fingerprint density at radius 3 is 2.75 bits per heavy atom. The van der Waals surface area contributed by atoms with E-state index in [1.165, 1.54) is 0 Å². The fourth-order valence-corrected chi connectivity index (χ4v) is 2.79. The highest BCUT2D eigenvalue weighted by Gasteiger charge is 2.32. The molecule has 2 heterocycles. The molecule has 1 aliphatic rings. The van der Waals surface area contributed by atoms with Crippen LogP contribution in [0.5, 0.6) is 0 Å². The summed E-state index contributed by atoms with van der Waals surface area (Å²) in [4.78, 5) is 8.96. The van der Waals surface area contributed by atoms with Crippen LogP contribution in [0.2, 0.25) is 0 Å². The lowest BCUT2D eigenvalue weighted by molar-refractivity contribution is 0.0635. The third kappa shape index (κ3) is 3.90. The van der Waals surface area contributed by atoms with Crippen molar-refractivity contribution in [3.05, 3.63) is 17.6 Å². The Hall–Kier alpha value is -1.20. The number of methoxy groups -OCH3 is 1. The molecule has 20 heavy (non-hydrogen) atoms. The quantitative estimate of drug-likeness (QED) is 0.830. The molecule has 1 saturated heterocycles. The van der Waals surface area contributed by atoms with Gasteiger partial charge in [0.05, 0.1) is 6.61 Å². The van der Waals surface area contributed by atoms with Crippen molar-refractivity contribution in [2.24, 2.45) is 5.41 Å². The SMILES string of the molecule is CCc1nc(C)cc(NCC2(COC)CCNCC2)n1. The second-order valence-corrected chi connectivity index (χ2v) is 5.70. The Kier molecular flexibility index (Phi) is 5.31. The number of hydrogen-bond acceptors (Lipinski definition) is 5. The average Bonchev–Trinajstić information content (AvgIpc) is 2.46. The number of ether oxygens (including phenoxy) is 1. The summed E-state index contributed by atoms with van der Waals surface area (Å²) < 4.78 is 5.44. The summed E-state index contributed by atoms with van der Waals surface area (Å²) >= 11 is 0. The van der Waals surface area contributed by atoms with Crippen LogP contribution in [0, 0.1) is 12.3 Å². The van der Waals surface area contributed by atoms with Gasteiger partial charge in [-0.1, -0.05) is 6.92 Å². The molecule has 1 aromatic rings. The molecule has 112 valence electrons. The maximum atomic E-state index is 5.44. The Balaban J connectivity index is 2.03. The molecule has 1 aromatic heterocycles. The third-order valence-electron chi connectivity index (χ3n) is 3.98. The van der Waals surface area contributed by atoms with E-state index in [4.69, 9.17) is 4.74 Å². The van der Waals surface area contributed by atoms with Crippen molar-refractivity contribution < 1.29 is 4.74 Å². The molecule has 0 radical (unpaired) electrons. The minimum absolute atomic E-state index is 0.214. The molecule has 0 atom stereocenters. The van der Waals surface area contributed by atoms with Crippen LogP contribution in [0.1, 0.15) is 31.3 Å². The van der Waals surface area contributed by atoms with Crippen LogP contribution in [0.4, 0.5) is 5.82 Å². The summed E-state index contributed by atoms with van der Waals surface area (Å²) in [6.07, 6.45) is 3.14. The van der Waals surface area contributed by atoms with Crippen molar-refractivity contribution in [1.82, 2.24) is 15.3 Å². The number of nitrogens with zero attached hydrogens (tertiary/aromatic N) is 2. The lowest BCUT2D eigenvalue weighted by atomic mass is 9.79. The fourth-order valence-electron chi connectivity index (χ4n) is 2.79. The van der Waals surface area contributed by atoms with Crippen molar-refractivity contribution in [3.63, 3.8) is 0 Å². The van der Waals surface area contributed by atoms with E-state index in [2.05, 4.69) is 27.5 Å². The van der Waals surface area contributed by atoms with Gasteiger partial charge in [0.15, 0.2) is 0 Å². The van der Waals surface area contributed by atoms with Gasteiger partial charge in [-0.3, -0.25) is 0 Å². The van der Waals surface area contributed by atoms with Gasteiger partial charge in [0.1, 0.15) is 11.6 Å². The van der Waals surface area contributed by atoms with E-state index in [1.807, 2.05) is 13.0 Å². The molecule has 0 aliphatic carbocycles. The normalized spacial score (nSPS) is 17.9. The van der Waals surface area contributed by atoms with Crippen LogP contribution < -0.4 is 10.6 Å². The number of aromatic nitrogens is 2. The molecule has 1 fully saturated rings. The molecule has 0 aromatic carbocycles. The average molecular weight is 278 g/mol. The van der Waals surface area contributed by atoms with Crippen molar-refractivity contribution in [2.75, 3.05) is 38.7 Å². The summed E-state index contributed by atoms with van der Waals surface area (Å²) in [6.45, 7) is 7.93. The molecule has 0 unspecified atom stereocenters. The number of hydrogen-bond donors (Lipinski definition) is 2. The molecule has 1 aliphatic heterocycles. The lowest BCUT2D eigenvalue weighted by Crippen LogP contribution is -2.44. The first-order valence-corrected chi connectivity index (χ1v) is 7.45. The van der Waals surface area contributed by atoms with Gasteiger partial charge in [0.25, 0.3) is 0 Å². The van der Waals surface area contributed by atoms with Crippen molar-refractivity contribution >= 4 is 5.82 Å². The number of piperidine rings is 1. The smallest absolute Gasteiger partial charge is 0.130 e. The summed E-state index contributed by atoms with van der Waals surface area (Å²) in [7, 11) is 1.79. The number of aryl methyl sites for hydroxylation is 2. The van der Waals surface area contributed by atoms with Gasteiger partial charge in [0.2, 0.25) is 0 Å². The van der Waals surface area contributed by atoms with Crippen molar-refractivity contribution in [1.29, 1.82) is 0 Å². The van der Waals surface area contributed by atoms with E-state index >= 15 is 0 Å². The maximum absolute atomic E-state index is 5.44. The molecule has 0 amide bonds. The number of anilines is 1. The van der Waals surface area contributed by atoms with Gasteiger partial charge in [-0.15, -0.1) is 0 Å². The monoisotopic (exact) mass is 278 g/mol. The molecule has 2 N–H and O–H groups in total. The van der Waals surface area contributed by atoms with Gasteiger partial charge < -0.3 is 15.4 Å². The molecule has 5 nitrogen and oxygen atoms in total. The van der Waals surface area contributed by atoms with Crippen molar-refractivity contribution in [3.8, 4) is 0 Å². The zero-order valence-electron chi connectivity index (χ0n) is 12.8. The van der Waals surface area contributed by atoms with Crippen LogP contribution in [0.15, 0.2) is 6.07 Å². The fraction of sp³-hybridized carbons (Fsp3) is 0.733. The maximum Gasteiger partial charge on any atom is 0.130 e. The molecule has 2 rings (SSSR count). The van der Waals surface area contributed by atoms with Gasteiger partial charge in [-0.05, 0) is 32.9 Å². The van der Waals surface area contributed by atoms with Gasteiger partial charge in [-0.25, -0.2) is 9.97 Å². The first-order valence-electron chi connectivity index (χ1n) is 7.45. The predicted octanol–water partition coefficient (Wildman–Crippen LogP) is 1.78. The third-order valence-corrected chi connectivity index (χ3v) is 3.98. The Morgan fingerprint density at radius 1 is 1.35 bits per heavy atom. The Morgan fingerprint density at radius 2 is 2.10 bits per heavy atom. The minimum Gasteiger partial charge on any atom is -0.384 e. The summed E-state index contributed by atoms with van der Waals surface area (Å²) in [5, 5.41) is 6.91. The molecular weight excluding hydrogens is 252 g/mol. The highest BCUT2D eigenvalue weighted by molar-refractivity contribution is 5.36. The van der Waals surface area contributed by atoms with Gasteiger partial charge >= 0.3 is 0 Å². The molecule has 0 spiro atoms. The zero-order chi connectivity index (χ0) is 14.4. The van der Waals surface area contributed by atoms with Crippen LogP contribution in [-0.4, -0.2) is 43.3 Å². The van der Waals surface area contributed by atoms with E-state index in [9.17, 15) is 0 Å². The van der Waals surface area contributed by atoms with E-state index in [0.29, 0.717) is 0 Å². The first-order chi connectivity index (χ1) is 9.67. The Labute approximate surface area is 121 Å². The largest absolute Gasteiger partial charge is 0.384 e. The second kappa shape index (κ2) is 6.99. The Bertz CT molecular complexity index is 424. The zero-order valence-corrected chi connectivity index (χ0v) is 12.8. The molecule has 5 heteroatoms. The van der Waals surface area contributed by atoms with Crippen LogP contribution in [-0.2, 0) is 11.2 Å². The van der Waals surface area contributed by atoms with E-state index in [1.54, 1.807) is 7.11 Å². The summed E-state index contributed by atoms with van der Waals surface area (Å²) in [5.74, 6) is 1.84. The van der Waals surface area contributed by atoms with Gasteiger partial charge in [0, 0.05) is 37.3 Å². The van der Waals surface area contributed by atoms with Crippen LogP contribution >= 0.6 is 0 Å². The lowest BCUT2D eigenvalue weighted by Gasteiger charge is -2.37. The first kappa shape index (κ1) is 15.2. The van der Waals surface area contributed by atoms with Gasteiger partial charge in [-0.2, -0.15) is 0 Å². The second-order valence-electron chi connectivity index (χ2n) is 5.70. The summed E-state index contributed by atoms with van der Waals surface area (Å²) in [5.41, 5.74) is 1.23. The number of rotatable bonds is 6. The van der Waals surface area contributed by atoms with E-state index in [-0.39, 0.29) is 5.41 Å². The topological polar surface area (TPSA) is 59.1 Å². The van der Waals surface area contributed by atoms with Crippen LogP contribution in [0.3, 0.4) is 0 Å². The summed E-state index contributed by atoms with van der Waals surface area (Å²) in [6, 6.07) is 2.01. The molecule has 0 saturated carbocycles. The number of nitrogens with one attached hydrogen (secondary N) is 2. The van der Waals surface area contributed by atoms with E-state index < -0.39 is 0 Å². The molecular formula is C15H26N4O. The molecule has 0 bridgehead atoms.